The number of anilines is 1. The third kappa shape index (κ3) is 4.81. The molecule has 0 saturated carbocycles. The minimum Gasteiger partial charge on any atom is -0.489 e. The van der Waals surface area contributed by atoms with E-state index in [1.54, 1.807) is 0 Å². The molecule has 6 nitrogen and oxygen atoms in total. The van der Waals surface area contributed by atoms with Gasteiger partial charge >= 0.3 is 6.03 Å². The second kappa shape index (κ2) is 8.03. The van der Waals surface area contributed by atoms with Gasteiger partial charge in [-0.15, -0.1) is 0 Å². The quantitative estimate of drug-likeness (QED) is 0.824. The highest BCUT2D eigenvalue weighted by molar-refractivity contribution is 5.89. The maximum absolute atomic E-state index is 12.6. The molecule has 2 heterocycles. The number of nitrogens with zero attached hydrogens (tertiary/aromatic N) is 2. The number of carbonyl (C=O) groups excluding carboxylic acids is 2. The van der Waals surface area contributed by atoms with Crippen LogP contribution in [0.1, 0.15) is 32.6 Å². The fraction of sp³-hybridized carbons (Fsp3) is 0.524. The highest BCUT2D eigenvalue weighted by atomic mass is 16.5. The molecule has 1 aromatic carbocycles. The summed E-state index contributed by atoms with van der Waals surface area (Å²) in [4.78, 5) is 28.0. The van der Waals surface area contributed by atoms with Gasteiger partial charge in [-0.2, -0.15) is 0 Å². The Labute approximate surface area is 161 Å². The van der Waals surface area contributed by atoms with Crippen LogP contribution in [0.15, 0.2) is 36.4 Å². The van der Waals surface area contributed by atoms with Crippen molar-refractivity contribution >= 4 is 17.6 Å². The maximum Gasteiger partial charge on any atom is 0.321 e. The summed E-state index contributed by atoms with van der Waals surface area (Å²) in [6, 6.07) is 7.31. The zero-order chi connectivity index (χ0) is 19.4. The van der Waals surface area contributed by atoms with Gasteiger partial charge in [-0.1, -0.05) is 6.58 Å². The van der Waals surface area contributed by atoms with Crippen LogP contribution in [-0.4, -0.2) is 55.0 Å². The summed E-state index contributed by atoms with van der Waals surface area (Å²) in [5.74, 6) is 0.989. The molecular formula is C21H29N3O3. The fourth-order valence-electron chi connectivity index (χ4n) is 3.87. The molecule has 3 amide bonds. The molecule has 0 aromatic heterocycles. The molecule has 0 radical (unpaired) electrons. The number of ether oxygens (including phenoxy) is 1. The smallest absolute Gasteiger partial charge is 0.321 e. The third-order valence-electron chi connectivity index (χ3n) is 5.57. The molecule has 1 N–H and O–H groups in total. The molecule has 6 heteroatoms. The molecule has 0 bridgehead atoms. The van der Waals surface area contributed by atoms with Gasteiger partial charge < -0.3 is 19.9 Å². The second-order valence-electron chi connectivity index (χ2n) is 7.94. The molecule has 0 unspecified atom stereocenters. The average Bonchev–Trinajstić information content (AvgIpc) is 2.65. The van der Waals surface area contributed by atoms with Crippen molar-refractivity contribution in [3.05, 3.63) is 36.4 Å². The Morgan fingerprint density at radius 1 is 1.22 bits per heavy atom. The summed E-state index contributed by atoms with van der Waals surface area (Å²) in [7, 11) is 1.88. The second-order valence-corrected chi connectivity index (χ2v) is 7.94. The molecule has 3 rings (SSSR count). The monoisotopic (exact) mass is 371 g/mol. The van der Waals surface area contributed by atoms with Crippen molar-refractivity contribution in [3.8, 4) is 5.75 Å². The number of hydrogen-bond donors (Lipinski definition) is 1. The molecule has 27 heavy (non-hydrogen) atoms. The van der Waals surface area contributed by atoms with Gasteiger partial charge in [-0.25, -0.2) is 4.79 Å². The van der Waals surface area contributed by atoms with E-state index >= 15 is 0 Å². The molecule has 0 atom stereocenters. The minimum atomic E-state index is -0.0688. The van der Waals surface area contributed by atoms with Crippen LogP contribution in [0.3, 0.4) is 0 Å². The zero-order valence-corrected chi connectivity index (χ0v) is 16.3. The molecule has 2 saturated heterocycles. The van der Waals surface area contributed by atoms with Crippen molar-refractivity contribution in [3.63, 3.8) is 0 Å². The lowest BCUT2D eigenvalue weighted by molar-refractivity contribution is -0.137. The lowest BCUT2D eigenvalue weighted by Gasteiger charge is -2.46. The van der Waals surface area contributed by atoms with Crippen molar-refractivity contribution < 1.29 is 14.3 Å². The first kappa shape index (κ1) is 19.3. The Morgan fingerprint density at radius 2 is 1.89 bits per heavy atom. The zero-order valence-electron chi connectivity index (χ0n) is 16.3. The predicted molar refractivity (Wildman–Crippen MR) is 106 cm³/mol. The number of hydrogen-bond acceptors (Lipinski definition) is 3. The minimum absolute atomic E-state index is 0.0688. The topological polar surface area (TPSA) is 61.9 Å². The van der Waals surface area contributed by atoms with Crippen LogP contribution in [0.2, 0.25) is 0 Å². The van der Waals surface area contributed by atoms with Crippen LogP contribution in [-0.2, 0) is 4.79 Å². The van der Waals surface area contributed by atoms with Gasteiger partial charge in [-0.05, 0) is 61.4 Å². The van der Waals surface area contributed by atoms with E-state index in [-0.39, 0.29) is 17.4 Å². The fourth-order valence-corrected chi connectivity index (χ4v) is 3.87. The van der Waals surface area contributed by atoms with Crippen molar-refractivity contribution in [1.82, 2.24) is 9.80 Å². The normalized spacial score (nSPS) is 19.1. The van der Waals surface area contributed by atoms with E-state index in [0.29, 0.717) is 13.0 Å². The van der Waals surface area contributed by atoms with Crippen molar-refractivity contribution in [2.75, 3.05) is 38.6 Å². The molecular weight excluding hydrogens is 342 g/mol. The third-order valence-corrected chi connectivity index (χ3v) is 5.57. The number of likely N-dealkylation sites (tertiary alicyclic amines) is 2. The summed E-state index contributed by atoms with van der Waals surface area (Å²) in [5, 5.41) is 2.96. The van der Waals surface area contributed by atoms with Crippen LogP contribution >= 0.6 is 0 Å². The van der Waals surface area contributed by atoms with E-state index in [9.17, 15) is 9.59 Å². The van der Waals surface area contributed by atoms with Crippen LogP contribution in [0.4, 0.5) is 10.5 Å². The SMILES string of the molecule is C=C(C)COc1ccc(NC(=O)N2CCC3(CCC(=O)N(C)C3)CC2)cc1. The molecule has 2 aliphatic heterocycles. The van der Waals surface area contributed by atoms with Gasteiger partial charge in [-0.3, -0.25) is 4.79 Å². The predicted octanol–water partition coefficient (Wildman–Crippen LogP) is 3.51. The maximum atomic E-state index is 12.6. The van der Waals surface area contributed by atoms with Crippen molar-refractivity contribution in [2.45, 2.75) is 32.6 Å². The van der Waals surface area contributed by atoms with Crippen molar-refractivity contribution in [1.29, 1.82) is 0 Å². The number of piperidine rings is 2. The van der Waals surface area contributed by atoms with E-state index in [4.69, 9.17) is 4.74 Å². The molecule has 1 spiro atoms. The Bertz CT molecular complexity index is 706. The first-order valence-electron chi connectivity index (χ1n) is 9.54. The van der Waals surface area contributed by atoms with E-state index in [1.165, 1.54) is 0 Å². The summed E-state index contributed by atoms with van der Waals surface area (Å²) >= 11 is 0. The van der Waals surface area contributed by atoms with Gasteiger partial charge in [0.1, 0.15) is 12.4 Å². The van der Waals surface area contributed by atoms with E-state index in [2.05, 4.69) is 11.9 Å². The molecule has 2 fully saturated rings. The summed E-state index contributed by atoms with van der Waals surface area (Å²) in [5.41, 5.74) is 1.90. The highest BCUT2D eigenvalue weighted by Gasteiger charge is 2.40. The van der Waals surface area contributed by atoms with Gasteiger partial charge in [0.2, 0.25) is 5.91 Å². The van der Waals surface area contributed by atoms with Gasteiger partial charge in [0, 0.05) is 38.8 Å². The Morgan fingerprint density at radius 3 is 2.48 bits per heavy atom. The van der Waals surface area contributed by atoms with Crippen LogP contribution in [0.5, 0.6) is 5.75 Å². The van der Waals surface area contributed by atoms with Gasteiger partial charge in [0.05, 0.1) is 0 Å². The van der Waals surface area contributed by atoms with Gasteiger partial charge in [0.25, 0.3) is 0 Å². The Hall–Kier alpha value is -2.50. The number of nitrogens with one attached hydrogen (secondary N) is 1. The van der Waals surface area contributed by atoms with Gasteiger partial charge in [0.15, 0.2) is 0 Å². The largest absolute Gasteiger partial charge is 0.489 e. The van der Waals surface area contributed by atoms with E-state index in [1.807, 2.05) is 48.0 Å². The summed E-state index contributed by atoms with van der Waals surface area (Å²) < 4.78 is 5.57. The van der Waals surface area contributed by atoms with Crippen LogP contribution < -0.4 is 10.1 Å². The van der Waals surface area contributed by atoms with E-state index < -0.39 is 0 Å². The first-order valence-corrected chi connectivity index (χ1v) is 9.54. The molecule has 0 aliphatic carbocycles. The Kier molecular flexibility index (Phi) is 5.73. The number of rotatable bonds is 4. The van der Waals surface area contributed by atoms with E-state index in [0.717, 1.165) is 55.9 Å². The van der Waals surface area contributed by atoms with Crippen molar-refractivity contribution in [2.24, 2.45) is 5.41 Å². The first-order chi connectivity index (χ1) is 12.9. The lowest BCUT2D eigenvalue weighted by atomic mass is 9.72. The van der Waals surface area contributed by atoms with Crippen LogP contribution in [0, 0.1) is 5.41 Å². The number of amides is 3. The number of benzene rings is 1. The number of urea groups is 1. The molecule has 146 valence electrons. The number of carbonyl (C=O) groups is 2. The van der Waals surface area contributed by atoms with Crippen LogP contribution in [0.25, 0.3) is 0 Å². The standard InChI is InChI=1S/C21H29N3O3/c1-16(2)14-27-18-6-4-17(5-7-18)22-20(26)24-12-10-21(11-13-24)9-8-19(25)23(3)15-21/h4-7H,1,8-15H2,2-3H3,(H,22,26). The Balaban J connectivity index is 1.49. The molecule has 2 aliphatic rings. The summed E-state index contributed by atoms with van der Waals surface area (Å²) in [6.07, 6.45) is 3.47. The molecule has 1 aromatic rings. The average molecular weight is 371 g/mol. The highest BCUT2D eigenvalue weighted by Crippen LogP contribution is 2.39. The lowest BCUT2D eigenvalue weighted by Crippen LogP contribution is -2.51. The summed E-state index contributed by atoms with van der Waals surface area (Å²) in [6.45, 7) is 8.49.